The van der Waals surface area contributed by atoms with Gasteiger partial charge in [-0.15, -0.1) is 0 Å². The van der Waals surface area contributed by atoms with E-state index in [0.29, 0.717) is 24.3 Å². The Hall–Kier alpha value is -0.650. The summed E-state index contributed by atoms with van der Waals surface area (Å²) in [5.41, 5.74) is 6.09. The Morgan fingerprint density at radius 3 is 2.38 bits per heavy atom. The van der Waals surface area contributed by atoms with Crippen LogP contribution in [0.3, 0.4) is 0 Å². The Morgan fingerprint density at radius 2 is 1.76 bits per heavy atom. The van der Waals surface area contributed by atoms with Crippen molar-refractivity contribution in [1.82, 2.24) is 9.80 Å². The van der Waals surface area contributed by atoms with Crippen LogP contribution in [0.2, 0.25) is 0 Å². The molecule has 1 saturated carbocycles. The number of nitrogens with zero attached hydrogens (tertiary/aromatic N) is 2. The molecule has 3 rings (SSSR count). The molecule has 120 valence electrons. The van der Waals surface area contributed by atoms with E-state index >= 15 is 0 Å². The van der Waals surface area contributed by atoms with Gasteiger partial charge in [0.1, 0.15) is 0 Å². The molecule has 3 aliphatic rings. The van der Waals surface area contributed by atoms with Crippen LogP contribution < -0.4 is 5.73 Å². The normalized spacial score (nSPS) is 32.5. The third-order valence-corrected chi connectivity index (χ3v) is 5.53. The van der Waals surface area contributed by atoms with Gasteiger partial charge in [0.2, 0.25) is 5.91 Å². The molecule has 0 unspecified atom stereocenters. The summed E-state index contributed by atoms with van der Waals surface area (Å²) in [6, 6.07) is 0.914. The van der Waals surface area contributed by atoms with Gasteiger partial charge in [-0.3, -0.25) is 9.69 Å². The minimum Gasteiger partial charge on any atom is -0.381 e. The van der Waals surface area contributed by atoms with Gasteiger partial charge in [0.05, 0.1) is 0 Å². The lowest BCUT2D eigenvalue weighted by atomic mass is 9.99. The standard InChI is InChI=1S/C16H29N3O2/c17-15-3-1-2-13(15)12-16(20)19-8-6-18(7-9-19)14-4-10-21-11-5-14/h13-15H,1-12,17H2/t13-,15+/m0/s1. The Labute approximate surface area is 127 Å². The van der Waals surface area contributed by atoms with Crippen molar-refractivity contribution < 1.29 is 9.53 Å². The highest BCUT2D eigenvalue weighted by Gasteiger charge is 2.31. The zero-order valence-electron chi connectivity index (χ0n) is 13.0. The highest BCUT2D eigenvalue weighted by atomic mass is 16.5. The topological polar surface area (TPSA) is 58.8 Å². The van der Waals surface area contributed by atoms with Gasteiger partial charge in [-0.05, 0) is 31.6 Å². The van der Waals surface area contributed by atoms with Crippen LogP contribution in [0.4, 0.5) is 0 Å². The summed E-state index contributed by atoms with van der Waals surface area (Å²) in [6.07, 6.45) is 6.37. The summed E-state index contributed by atoms with van der Waals surface area (Å²) in [7, 11) is 0. The molecule has 2 N–H and O–H groups in total. The molecule has 5 heteroatoms. The van der Waals surface area contributed by atoms with Crippen molar-refractivity contribution in [3.05, 3.63) is 0 Å². The van der Waals surface area contributed by atoms with E-state index in [-0.39, 0.29) is 6.04 Å². The lowest BCUT2D eigenvalue weighted by Gasteiger charge is -2.41. The van der Waals surface area contributed by atoms with E-state index in [1.807, 2.05) is 0 Å². The second-order valence-corrected chi connectivity index (χ2v) is 6.82. The second kappa shape index (κ2) is 7.07. The van der Waals surface area contributed by atoms with Crippen LogP contribution in [0.15, 0.2) is 0 Å². The molecule has 0 spiro atoms. The lowest BCUT2D eigenvalue weighted by Crippen LogP contribution is -2.53. The molecule has 2 saturated heterocycles. The van der Waals surface area contributed by atoms with Gasteiger partial charge in [-0.25, -0.2) is 0 Å². The number of nitrogens with two attached hydrogens (primary N) is 1. The number of amides is 1. The summed E-state index contributed by atoms with van der Waals surface area (Å²) < 4.78 is 5.43. The highest BCUT2D eigenvalue weighted by Crippen LogP contribution is 2.27. The van der Waals surface area contributed by atoms with E-state index in [9.17, 15) is 4.79 Å². The molecule has 0 aromatic rings. The van der Waals surface area contributed by atoms with Crippen molar-refractivity contribution >= 4 is 5.91 Å². The maximum atomic E-state index is 12.4. The molecular weight excluding hydrogens is 266 g/mol. The van der Waals surface area contributed by atoms with Gasteiger partial charge in [0.15, 0.2) is 0 Å². The molecule has 2 heterocycles. The Balaban J connectivity index is 1.43. The predicted molar refractivity (Wildman–Crippen MR) is 81.9 cm³/mol. The van der Waals surface area contributed by atoms with Crippen molar-refractivity contribution in [3.63, 3.8) is 0 Å². The number of carbonyl (C=O) groups excluding carboxylic acids is 1. The van der Waals surface area contributed by atoms with Crippen LogP contribution in [-0.2, 0) is 9.53 Å². The average Bonchev–Trinajstić information content (AvgIpc) is 2.93. The Kier molecular flexibility index (Phi) is 5.14. The number of rotatable bonds is 3. The molecule has 2 atom stereocenters. The number of piperazine rings is 1. The fraction of sp³-hybridized carbons (Fsp3) is 0.938. The summed E-state index contributed by atoms with van der Waals surface area (Å²) in [6.45, 7) is 5.60. The van der Waals surface area contributed by atoms with Gasteiger partial charge >= 0.3 is 0 Å². The number of ether oxygens (including phenoxy) is 1. The number of hydrogen-bond donors (Lipinski definition) is 1. The quantitative estimate of drug-likeness (QED) is 0.838. The summed E-state index contributed by atoms with van der Waals surface area (Å²) in [5, 5.41) is 0. The van der Waals surface area contributed by atoms with Gasteiger partial charge in [0.25, 0.3) is 0 Å². The number of carbonyl (C=O) groups is 1. The fourth-order valence-corrected chi connectivity index (χ4v) is 4.06. The maximum Gasteiger partial charge on any atom is 0.222 e. The maximum absolute atomic E-state index is 12.4. The fourth-order valence-electron chi connectivity index (χ4n) is 4.06. The van der Waals surface area contributed by atoms with Crippen LogP contribution in [0, 0.1) is 5.92 Å². The summed E-state index contributed by atoms with van der Waals surface area (Å²) in [4.78, 5) is 17.0. The van der Waals surface area contributed by atoms with Crippen LogP contribution in [0.25, 0.3) is 0 Å². The highest BCUT2D eigenvalue weighted by molar-refractivity contribution is 5.76. The van der Waals surface area contributed by atoms with E-state index in [4.69, 9.17) is 10.5 Å². The van der Waals surface area contributed by atoms with E-state index in [1.165, 1.54) is 6.42 Å². The van der Waals surface area contributed by atoms with Crippen molar-refractivity contribution in [2.75, 3.05) is 39.4 Å². The Morgan fingerprint density at radius 1 is 1.05 bits per heavy atom. The molecule has 0 radical (unpaired) electrons. The first kappa shape index (κ1) is 15.3. The third-order valence-electron chi connectivity index (χ3n) is 5.53. The lowest BCUT2D eigenvalue weighted by molar-refractivity contribution is -0.134. The zero-order valence-corrected chi connectivity index (χ0v) is 13.0. The minimum atomic E-state index is 0.248. The molecule has 2 aliphatic heterocycles. The molecule has 0 aromatic heterocycles. The SMILES string of the molecule is N[C@@H]1CCC[C@H]1CC(=O)N1CCN(C2CCOCC2)CC1. The van der Waals surface area contributed by atoms with Crippen LogP contribution >= 0.6 is 0 Å². The third kappa shape index (κ3) is 3.76. The first-order valence-electron chi connectivity index (χ1n) is 8.59. The monoisotopic (exact) mass is 295 g/mol. The largest absolute Gasteiger partial charge is 0.381 e. The molecule has 0 bridgehead atoms. The van der Waals surface area contributed by atoms with Crippen molar-refractivity contribution in [2.24, 2.45) is 11.7 Å². The van der Waals surface area contributed by atoms with E-state index < -0.39 is 0 Å². The molecule has 1 amide bonds. The first-order valence-corrected chi connectivity index (χ1v) is 8.59. The molecule has 0 aromatic carbocycles. The van der Waals surface area contributed by atoms with Crippen LogP contribution in [-0.4, -0.2) is 67.2 Å². The Bertz CT molecular complexity index is 349. The van der Waals surface area contributed by atoms with E-state index in [1.54, 1.807) is 0 Å². The molecular formula is C16H29N3O2. The number of hydrogen-bond acceptors (Lipinski definition) is 4. The van der Waals surface area contributed by atoms with Gasteiger partial charge < -0.3 is 15.4 Å². The van der Waals surface area contributed by atoms with Crippen molar-refractivity contribution in [3.8, 4) is 0 Å². The van der Waals surface area contributed by atoms with E-state index in [0.717, 1.165) is 65.1 Å². The second-order valence-electron chi connectivity index (χ2n) is 6.82. The van der Waals surface area contributed by atoms with Gasteiger partial charge in [-0.1, -0.05) is 6.42 Å². The molecule has 1 aliphatic carbocycles. The minimum absolute atomic E-state index is 0.248. The average molecular weight is 295 g/mol. The molecule has 21 heavy (non-hydrogen) atoms. The molecule has 3 fully saturated rings. The van der Waals surface area contributed by atoms with Crippen LogP contribution in [0.1, 0.15) is 38.5 Å². The van der Waals surface area contributed by atoms with Crippen molar-refractivity contribution in [2.45, 2.75) is 50.6 Å². The zero-order chi connectivity index (χ0) is 14.7. The summed E-state index contributed by atoms with van der Waals surface area (Å²) >= 11 is 0. The smallest absolute Gasteiger partial charge is 0.222 e. The first-order chi connectivity index (χ1) is 10.2. The van der Waals surface area contributed by atoms with Crippen molar-refractivity contribution in [1.29, 1.82) is 0 Å². The predicted octanol–water partition coefficient (Wildman–Crippen LogP) is 0.827. The van der Waals surface area contributed by atoms with Gasteiger partial charge in [-0.2, -0.15) is 0 Å². The van der Waals surface area contributed by atoms with Crippen LogP contribution in [0.5, 0.6) is 0 Å². The summed E-state index contributed by atoms with van der Waals surface area (Å²) in [5.74, 6) is 0.745. The van der Waals surface area contributed by atoms with Gasteiger partial charge in [0, 0.05) is 57.9 Å². The van der Waals surface area contributed by atoms with E-state index in [2.05, 4.69) is 9.80 Å². The molecule has 5 nitrogen and oxygen atoms in total.